The van der Waals surface area contributed by atoms with Crippen LogP contribution < -0.4 is 4.74 Å². The van der Waals surface area contributed by atoms with Gasteiger partial charge in [-0.3, -0.25) is 0 Å². The predicted octanol–water partition coefficient (Wildman–Crippen LogP) is 0.743. The third kappa shape index (κ3) is 1.26. The Morgan fingerprint density at radius 1 is 1.29 bits per heavy atom. The highest BCUT2D eigenvalue weighted by Crippen LogP contribution is 2.27. The zero-order chi connectivity index (χ0) is 9.38. The molecule has 4 heteroatoms. The lowest BCUT2D eigenvalue weighted by Gasteiger charge is -2.26. The van der Waals surface area contributed by atoms with E-state index in [1.807, 2.05) is 0 Å². The highest BCUT2D eigenvalue weighted by Gasteiger charge is 2.24. The van der Waals surface area contributed by atoms with E-state index in [9.17, 15) is 0 Å². The number of ether oxygens (including phenoxy) is 2. The average molecular weight is 192 g/mol. The van der Waals surface area contributed by atoms with Gasteiger partial charge in [-0.25, -0.2) is 9.97 Å². The Bertz CT molecular complexity index is 350. The van der Waals surface area contributed by atoms with Crippen molar-refractivity contribution in [2.45, 2.75) is 25.4 Å². The molecule has 1 fully saturated rings. The van der Waals surface area contributed by atoms with E-state index in [1.165, 1.54) is 12.0 Å². The second kappa shape index (κ2) is 3.20. The fraction of sp³-hybridized carbons (Fsp3) is 0.600. The first kappa shape index (κ1) is 8.17. The van der Waals surface area contributed by atoms with E-state index in [0.717, 1.165) is 24.4 Å². The van der Waals surface area contributed by atoms with Crippen molar-refractivity contribution < 1.29 is 9.47 Å². The minimum atomic E-state index is 0.203. The molecule has 1 aliphatic heterocycles. The maximum absolute atomic E-state index is 5.72. The van der Waals surface area contributed by atoms with Crippen LogP contribution in [0.2, 0.25) is 0 Å². The molecule has 0 amide bonds. The van der Waals surface area contributed by atoms with Crippen LogP contribution in [0.5, 0.6) is 5.88 Å². The fourth-order valence-corrected chi connectivity index (χ4v) is 1.87. The molecule has 0 atom stereocenters. The van der Waals surface area contributed by atoms with Crippen LogP contribution in [0.3, 0.4) is 0 Å². The van der Waals surface area contributed by atoms with Crippen LogP contribution in [0.4, 0.5) is 0 Å². The molecule has 1 aromatic rings. The summed E-state index contributed by atoms with van der Waals surface area (Å²) >= 11 is 0. The van der Waals surface area contributed by atoms with E-state index < -0.39 is 0 Å². The van der Waals surface area contributed by atoms with Gasteiger partial charge in [0.05, 0.1) is 18.9 Å². The summed E-state index contributed by atoms with van der Waals surface area (Å²) in [4.78, 5) is 8.43. The van der Waals surface area contributed by atoms with Gasteiger partial charge in [-0.1, -0.05) is 0 Å². The number of hydrogen-bond acceptors (Lipinski definition) is 4. The van der Waals surface area contributed by atoms with Gasteiger partial charge in [-0.2, -0.15) is 0 Å². The highest BCUT2D eigenvalue weighted by atomic mass is 16.6. The van der Waals surface area contributed by atoms with Crippen molar-refractivity contribution in [2.24, 2.45) is 0 Å². The summed E-state index contributed by atoms with van der Waals surface area (Å²) in [7, 11) is 0. The van der Waals surface area contributed by atoms with Gasteiger partial charge in [-0.05, 0) is 19.3 Å². The van der Waals surface area contributed by atoms with Crippen molar-refractivity contribution in [1.82, 2.24) is 9.97 Å². The van der Waals surface area contributed by atoms with Gasteiger partial charge >= 0.3 is 0 Å². The molecule has 2 heterocycles. The Morgan fingerprint density at radius 3 is 3.00 bits per heavy atom. The van der Waals surface area contributed by atoms with Crippen molar-refractivity contribution in [3.8, 4) is 5.88 Å². The first-order valence-electron chi connectivity index (χ1n) is 5.00. The molecule has 0 aromatic carbocycles. The van der Waals surface area contributed by atoms with Gasteiger partial charge in [0, 0.05) is 5.56 Å². The first-order chi connectivity index (χ1) is 6.93. The number of hydrogen-bond donors (Lipinski definition) is 0. The molecular formula is C10H12N2O2. The summed E-state index contributed by atoms with van der Waals surface area (Å²) in [6.07, 6.45) is 5.09. The average Bonchev–Trinajstić information content (AvgIpc) is 2.59. The molecule has 0 radical (unpaired) electrons. The maximum Gasteiger partial charge on any atom is 0.220 e. The lowest BCUT2D eigenvalue weighted by Crippen LogP contribution is -2.39. The summed E-state index contributed by atoms with van der Waals surface area (Å²) in [5, 5.41) is 0. The second-order valence-corrected chi connectivity index (χ2v) is 3.73. The van der Waals surface area contributed by atoms with Crippen LogP contribution in [0.1, 0.15) is 17.7 Å². The minimum absolute atomic E-state index is 0.203. The lowest BCUT2D eigenvalue weighted by molar-refractivity contribution is -0.0817. The van der Waals surface area contributed by atoms with Gasteiger partial charge in [0.1, 0.15) is 12.4 Å². The molecule has 0 saturated carbocycles. The molecule has 1 aliphatic carbocycles. The van der Waals surface area contributed by atoms with Gasteiger partial charge in [0.2, 0.25) is 5.88 Å². The fourth-order valence-electron chi connectivity index (χ4n) is 1.87. The van der Waals surface area contributed by atoms with Crippen LogP contribution in [-0.2, 0) is 17.6 Å². The summed E-state index contributed by atoms with van der Waals surface area (Å²) in [5.74, 6) is 0.779. The molecule has 3 rings (SSSR count). The van der Waals surface area contributed by atoms with Crippen LogP contribution in [0, 0.1) is 0 Å². The van der Waals surface area contributed by atoms with Crippen LogP contribution in [-0.4, -0.2) is 29.3 Å². The Labute approximate surface area is 82.3 Å². The normalized spacial score (nSPS) is 20.3. The van der Waals surface area contributed by atoms with Crippen molar-refractivity contribution in [1.29, 1.82) is 0 Å². The van der Waals surface area contributed by atoms with Crippen LogP contribution in [0.25, 0.3) is 0 Å². The molecule has 74 valence electrons. The zero-order valence-corrected chi connectivity index (χ0v) is 7.90. The van der Waals surface area contributed by atoms with E-state index in [-0.39, 0.29) is 6.10 Å². The monoisotopic (exact) mass is 192 g/mol. The van der Waals surface area contributed by atoms with Crippen LogP contribution >= 0.6 is 0 Å². The van der Waals surface area contributed by atoms with Gasteiger partial charge in [0.25, 0.3) is 0 Å². The molecule has 2 aliphatic rings. The van der Waals surface area contributed by atoms with Crippen molar-refractivity contribution >= 4 is 0 Å². The van der Waals surface area contributed by atoms with Crippen molar-refractivity contribution in [2.75, 3.05) is 13.2 Å². The number of fused-ring (bicyclic) bond motifs is 1. The van der Waals surface area contributed by atoms with Crippen molar-refractivity contribution in [3.05, 3.63) is 17.6 Å². The Hall–Kier alpha value is -1.16. The Balaban J connectivity index is 1.85. The largest absolute Gasteiger partial charge is 0.469 e. The molecule has 1 saturated heterocycles. The maximum atomic E-state index is 5.72. The molecule has 4 nitrogen and oxygen atoms in total. The number of nitrogens with zero attached hydrogens (tertiary/aromatic N) is 2. The SMILES string of the molecule is c1nc2c(c(OC3COC3)n1)CCC2. The van der Waals surface area contributed by atoms with E-state index in [0.29, 0.717) is 13.2 Å². The standard InChI is InChI=1S/C10H12N2O2/c1-2-8-9(3-1)11-6-12-10(8)14-7-4-13-5-7/h6-7H,1-5H2. The smallest absolute Gasteiger partial charge is 0.220 e. The molecule has 1 aromatic heterocycles. The molecule has 0 spiro atoms. The first-order valence-corrected chi connectivity index (χ1v) is 5.00. The Morgan fingerprint density at radius 2 is 2.21 bits per heavy atom. The quantitative estimate of drug-likeness (QED) is 0.693. The van der Waals surface area contributed by atoms with E-state index >= 15 is 0 Å². The molecular weight excluding hydrogens is 180 g/mol. The lowest BCUT2D eigenvalue weighted by atomic mass is 10.2. The second-order valence-electron chi connectivity index (χ2n) is 3.73. The topological polar surface area (TPSA) is 44.2 Å². The van der Waals surface area contributed by atoms with Crippen LogP contribution in [0.15, 0.2) is 6.33 Å². The van der Waals surface area contributed by atoms with E-state index in [2.05, 4.69) is 9.97 Å². The van der Waals surface area contributed by atoms with Gasteiger partial charge in [-0.15, -0.1) is 0 Å². The van der Waals surface area contributed by atoms with E-state index in [1.54, 1.807) is 6.33 Å². The molecule has 0 N–H and O–H groups in total. The zero-order valence-electron chi connectivity index (χ0n) is 7.90. The predicted molar refractivity (Wildman–Crippen MR) is 49.3 cm³/mol. The highest BCUT2D eigenvalue weighted by molar-refractivity contribution is 5.33. The van der Waals surface area contributed by atoms with Gasteiger partial charge in [0.15, 0.2) is 0 Å². The third-order valence-electron chi connectivity index (χ3n) is 2.72. The molecule has 0 unspecified atom stereocenters. The number of rotatable bonds is 2. The number of aromatic nitrogens is 2. The molecule has 14 heavy (non-hydrogen) atoms. The third-order valence-corrected chi connectivity index (χ3v) is 2.72. The van der Waals surface area contributed by atoms with Crippen molar-refractivity contribution in [3.63, 3.8) is 0 Å². The molecule has 0 bridgehead atoms. The minimum Gasteiger partial charge on any atom is -0.469 e. The van der Waals surface area contributed by atoms with E-state index in [4.69, 9.17) is 9.47 Å². The summed E-state index contributed by atoms with van der Waals surface area (Å²) in [6, 6.07) is 0. The number of aryl methyl sites for hydroxylation is 1. The van der Waals surface area contributed by atoms with Gasteiger partial charge < -0.3 is 9.47 Å². The summed E-state index contributed by atoms with van der Waals surface area (Å²) in [5.41, 5.74) is 2.37. The summed E-state index contributed by atoms with van der Waals surface area (Å²) in [6.45, 7) is 1.39. The Kier molecular flexibility index (Phi) is 1.87. The summed E-state index contributed by atoms with van der Waals surface area (Å²) < 4.78 is 10.8.